The molecular formula is C11H9BrN2O5S. The van der Waals surface area contributed by atoms with Crippen molar-refractivity contribution in [1.29, 1.82) is 0 Å². The normalized spacial score (nSPS) is 11.4. The molecule has 0 fully saturated rings. The van der Waals surface area contributed by atoms with E-state index in [1.807, 2.05) is 0 Å². The molecule has 1 aromatic heterocycles. The van der Waals surface area contributed by atoms with Crippen molar-refractivity contribution in [2.45, 2.75) is 11.4 Å². The number of hydrogen-bond donors (Lipinski definition) is 2. The molecule has 0 aliphatic rings. The van der Waals surface area contributed by atoms with Gasteiger partial charge in [0.05, 0.1) is 22.7 Å². The maximum Gasteiger partial charge on any atom is 0.335 e. The number of sulfonamides is 1. The van der Waals surface area contributed by atoms with Crippen LogP contribution in [0.1, 0.15) is 16.1 Å². The molecule has 0 bridgehead atoms. The topological polar surface area (TPSA) is 110 Å². The van der Waals surface area contributed by atoms with Crippen LogP contribution in [-0.4, -0.2) is 24.7 Å². The summed E-state index contributed by atoms with van der Waals surface area (Å²) in [5.41, 5.74) is 0.300. The molecule has 0 atom stereocenters. The zero-order valence-electron chi connectivity index (χ0n) is 9.91. The quantitative estimate of drug-likeness (QED) is 0.838. The van der Waals surface area contributed by atoms with Crippen LogP contribution >= 0.6 is 15.9 Å². The summed E-state index contributed by atoms with van der Waals surface area (Å²) in [6.07, 6.45) is 1.32. The van der Waals surface area contributed by atoms with Gasteiger partial charge in [0.1, 0.15) is 6.26 Å². The Morgan fingerprint density at radius 1 is 1.40 bits per heavy atom. The zero-order chi connectivity index (χ0) is 14.8. The first-order valence-electron chi connectivity index (χ1n) is 5.32. The van der Waals surface area contributed by atoms with Crippen LogP contribution in [0.2, 0.25) is 0 Å². The van der Waals surface area contributed by atoms with Gasteiger partial charge in [-0.1, -0.05) is 5.16 Å². The molecule has 0 spiro atoms. The smallest absolute Gasteiger partial charge is 0.335 e. The number of aromatic nitrogens is 1. The van der Waals surface area contributed by atoms with Crippen molar-refractivity contribution in [3.63, 3.8) is 0 Å². The molecule has 0 saturated heterocycles. The Hall–Kier alpha value is -1.71. The number of carboxylic acid groups (broad SMARTS) is 1. The van der Waals surface area contributed by atoms with Crippen LogP contribution < -0.4 is 4.72 Å². The summed E-state index contributed by atoms with van der Waals surface area (Å²) in [5, 5.41) is 12.5. The summed E-state index contributed by atoms with van der Waals surface area (Å²) < 4.78 is 31.4. The second-order valence-electron chi connectivity index (χ2n) is 3.77. The van der Waals surface area contributed by atoms with E-state index < -0.39 is 16.0 Å². The Balaban J connectivity index is 2.28. The van der Waals surface area contributed by atoms with Gasteiger partial charge in [-0.2, -0.15) is 0 Å². The molecule has 9 heteroatoms. The first-order chi connectivity index (χ1) is 9.40. The van der Waals surface area contributed by atoms with E-state index >= 15 is 0 Å². The summed E-state index contributed by atoms with van der Waals surface area (Å²) in [6.45, 7) is -0.0530. The van der Waals surface area contributed by atoms with Gasteiger partial charge in [0.25, 0.3) is 0 Å². The number of benzene rings is 1. The molecule has 0 amide bonds. The van der Waals surface area contributed by atoms with E-state index in [0.29, 0.717) is 5.69 Å². The predicted molar refractivity (Wildman–Crippen MR) is 71.6 cm³/mol. The van der Waals surface area contributed by atoms with Crippen LogP contribution in [0.25, 0.3) is 0 Å². The van der Waals surface area contributed by atoms with Crippen molar-refractivity contribution in [3.05, 3.63) is 46.3 Å². The Kier molecular flexibility index (Phi) is 4.21. The van der Waals surface area contributed by atoms with Crippen LogP contribution in [-0.2, 0) is 16.6 Å². The number of nitrogens with zero attached hydrogens (tertiary/aromatic N) is 1. The van der Waals surface area contributed by atoms with Crippen LogP contribution in [0, 0.1) is 0 Å². The fourth-order valence-corrected chi connectivity index (χ4v) is 3.40. The third-order valence-corrected chi connectivity index (χ3v) is 4.80. The number of nitrogens with one attached hydrogen (secondary N) is 1. The van der Waals surface area contributed by atoms with Gasteiger partial charge in [-0.05, 0) is 34.1 Å². The summed E-state index contributed by atoms with van der Waals surface area (Å²) in [4.78, 5) is 10.7. The third-order valence-electron chi connectivity index (χ3n) is 2.40. The lowest BCUT2D eigenvalue weighted by molar-refractivity contribution is 0.0696. The van der Waals surface area contributed by atoms with E-state index in [4.69, 9.17) is 5.11 Å². The van der Waals surface area contributed by atoms with Gasteiger partial charge in [0, 0.05) is 10.5 Å². The highest BCUT2D eigenvalue weighted by Crippen LogP contribution is 2.23. The lowest BCUT2D eigenvalue weighted by atomic mass is 10.2. The highest BCUT2D eigenvalue weighted by Gasteiger charge is 2.20. The predicted octanol–water partition coefficient (Wildman–Crippen LogP) is 1.61. The minimum Gasteiger partial charge on any atom is -0.478 e. The lowest BCUT2D eigenvalue weighted by Crippen LogP contribution is -2.24. The molecule has 20 heavy (non-hydrogen) atoms. The molecule has 7 nitrogen and oxygen atoms in total. The Bertz CT molecular complexity index is 727. The number of halogens is 1. The van der Waals surface area contributed by atoms with Crippen molar-refractivity contribution in [1.82, 2.24) is 9.88 Å². The first kappa shape index (κ1) is 14.7. The minimum atomic E-state index is -3.86. The molecule has 1 heterocycles. The van der Waals surface area contributed by atoms with E-state index in [1.165, 1.54) is 24.5 Å². The van der Waals surface area contributed by atoms with Gasteiger partial charge >= 0.3 is 5.97 Å². The highest BCUT2D eigenvalue weighted by molar-refractivity contribution is 9.10. The maximum absolute atomic E-state index is 12.1. The second kappa shape index (κ2) is 5.73. The number of rotatable bonds is 5. The average Bonchev–Trinajstić information content (AvgIpc) is 2.89. The van der Waals surface area contributed by atoms with Crippen molar-refractivity contribution in [2.75, 3.05) is 0 Å². The molecule has 106 valence electrons. The van der Waals surface area contributed by atoms with Gasteiger partial charge in [-0.15, -0.1) is 0 Å². The molecule has 0 aliphatic heterocycles. The van der Waals surface area contributed by atoms with Crippen LogP contribution in [0.5, 0.6) is 0 Å². The summed E-state index contributed by atoms with van der Waals surface area (Å²) in [6, 6.07) is 5.28. The summed E-state index contributed by atoms with van der Waals surface area (Å²) in [7, 11) is -3.86. The van der Waals surface area contributed by atoms with E-state index in [9.17, 15) is 13.2 Å². The van der Waals surface area contributed by atoms with E-state index in [2.05, 4.69) is 30.3 Å². The van der Waals surface area contributed by atoms with E-state index in [1.54, 1.807) is 0 Å². The van der Waals surface area contributed by atoms with Gasteiger partial charge in [0.2, 0.25) is 10.0 Å². The van der Waals surface area contributed by atoms with Gasteiger partial charge in [0.15, 0.2) is 0 Å². The molecule has 2 rings (SSSR count). The largest absolute Gasteiger partial charge is 0.478 e. The molecule has 0 saturated carbocycles. The summed E-state index contributed by atoms with van der Waals surface area (Å²) in [5.74, 6) is -1.20. The minimum absolute atomic E-state index is 0.0530. The number of hydrogen-bond acceptors (Lipinski definition) is 5. The van der Waals surface area contributed by atoms with Crippen molar-refractivity contribution in [2.24, 2.45) is 0 Å². The number of aromatic carboxylic acids is 1. The Morgan fingerprint density at radius 2 is 2.15 bits per heavy atom. The fourth-order valence-electron chi connectivity index (χ4n) is 1.42. The monoisotopic (exact) mass is 360 g/mol. The Morgan fingerprint density at radius 3 is 2.75 bits per heavy atom. The van der Waals surface area contributed by atoms with Crippen LogP contribution in [0.15, 0.2) is 44.4 Å². The van der Waals surface area contributed by atoms with E-state index in [0.717, 1.165) is 6.07 Å². The number of carboxylic acids is 1. The van der Waals surface area contributed by atoms with Gasteiger partial charge in [-0.3, -0.25) is 0 Å². The van der Waals surface area contributed by atoms with Crippen LogP contribution in [0.4, 0.5) is 0 Å². The van der Waals surface area contributed by atoms with Crippen molar-refractivity contribution in [3.8, 4) is 0 Å². The molecule has 2 N–H and O–H groups in total. The van der Waals surface area contributed by atoms with Gasteiger partial charge < -0.3 is 9.63 Å². The third kappa shape index (κ3) is 3.24. The van der Waals surface area contributed by atoms with E-state index in [-0.39, 0.29) is 21.5 Å². The zero-order valence-corrected chi connectivity index (χ0v) is 12.3. The first-order valence-corrected chi connectivity index (χ1v) is 7.59. The SMILES string of the molecule is O=C(O)c1ccc(Br)c(S(=O)(=O)NCc2ccon2)c1. The van der Waals surface area contributed by atoms with Crippen molar-refractivity contribution >= 4 is 31.9 Å². The standard InChI is InChI=1S/C11H9BrN2O5S/c12-9-2-1-7(11(15)16)5-10(9)20(17,18)13-6-8-3-4-19-14-8/h1-5,13H,6H2,(H,15,16). The van der Waals surface area contributed by atoms with Gasteiger partial charge in [-0.25, -0.2) is 17.9 Å². The second-order valence-corrected chi connectivity index (χ2v) is 6.36. The molecule has 0 radical (unpaired) electrons. The highest BCUT2D eigenvalue weighted by atomic mass is 79.9. The van der Waals surface area contributed by atoms with Crippen molar-refractivity contribution < 1.29 is 22.8 Å². The maximum atomic E-state index is 12.1. The molecule has 1 aromatic carbocycles. The fraction of sp³-hybridized carbons (Fsp3) is 0.0909. The Labute approximate surface area is 122 Å². The summed E-state index contributed by atoms with van der Waals surface area (Å²) >= 11 is 3.09. The molecular weight excluding hydrogens is 352 g/mol. The molecule has 2 aromatic rings. The molecule has 0 aliphatic carbocycles. The lowest BCUT2D eigenvalue weighted by Gasteiger charge is -2.08. The van der Waals surface area contributed by atoms with Crippen LogP contribution in [0.3, 0.4) is 0 Å². The number of carbonyl (C=O) groups is 1. The average molecular weight is 361 g/mol. The molecule has 0 unspecified atom stereocenters.